The van der Waals surface area contributed by atoms with Crippen molar-refractivity contribution in [3.05, 3.63) is 64.9 Å². The largest absolute Gasteiger partial charge is 0.398 e. The van der Waals surface area contributed by atoms with E-state index in [9.17, 15) is 22.7 Å². The molecular formula is C23H24F4N6OS. The molecule has 3 heterocycles. The molecule has 7 nitrogen and oxygen atoms in total. The van der Waals surface area contributed by atoms with Crippen LogP contribution in [0.5, 0.6) is 0 Å². The fourth-order valence-electron chi connectivity index (χ4n) is 3.50. The van der Waals surface area contributed by atoms with Gasteiger partial charge < -0.3 is 15.0 Å². The minimum atomic E-state index is -4.61. The summed E-state index contributed by atoms with van der Waals surface area (Å²) in [5, 5.41) is 17.0. The van der Waals surface area contributed by atoms with E-state index in [2.05, 4.69) is 25.6 Å². The quantitative estimate of drug-likeness (QED) is 0.226. The molecule has 186 valence electrons. The molecule has 4 aromatic rings. The van der Waals surface area contributed by atoms with Crippen LogP contribution in [0.25, 0.3) is 11.0 Å². The second kappa shape index (κ2) is 9.17. The zero-order valence-corrected chi connectivity index (χ0v) is 20.2. The monoisotopic (exact) mass is 508 g/mol. The first-order valence-corrected chi connectivity index (χ1v) is 11.5. The van der Waals surface area contributed by atoms with Crippen LogP contribution in [0.4, 0.5) is 28.4 Å². The number of aliphatic hydroxyl groups excluding tert-OH is 1. The van der Waals surface area contributed by atoms with Crippen molar-refractivity contribution in [1.29, 1.82) is 0 Å². The van der Waals surface area contributed by atoms with Gasteiger partial charge in [0, 0.05) is 35.4 Å². The number of benzene rings is 1. The van der Waals surface area contributed by atoms with Crippen molar-refractivity contribution >= 4 is 33.2 Å². The summed E-state index contributed by atoms with van der Waals surface area (Å²) in [4.78, 5) is 13.5. The Morgan fingerprint density at radius 1 is 1.09 bits per heavy atom. The van der Waals surface area contributed by atoms with Gasteiger partial charge in [-0.05, 0) is 45.0 Å². The fourth-order valence-corrected chi connectivity index (χ4v) is 4.35. The molecule has 0 spiro atoms. The molecule has 3 aromatic heterocycles. The average molecular weight is 509 g/mol. The number of aliphatic hydroxyl groups is 1. The molecule has 4 rings (SSSR count). The van der Waals surface area contributed by atoms with Crippen LogP contribution < -0.4 is 10.6 Å². The van der Waals surface area contributed by atoms with E-state index in [0.29, 0.717) is 10.8 Å². The molecule has 0 radical (unpaired) electrons. The second-order valence-corrected chi connectivity index (χ2v) is 9.82. The first kappa shape index (κ1) is 25.0. The van der Waals surface area contributed by atoms with E-state index in [1.54, 1.807) is 24.8 Å². The molecule has 2 unspecified atom stereocenters. The van der Waals surface area contributed by atoms with E-state index in [1.165, 1.54) is 17.4 Å². The third kappa shape index (κ3) is 5.00. The molecule has 0 fully saturated rings. The Bertz CT molecular complexity index is 1350. The second-order valence-electron chi connectivity index (χ2n) is 8.75. The Morgan fingerprint density at radius 3 is 2.54 bits per heavy atom. The maximum Gasteiger partial charge on any atom is 0.398 e. The number of alkyl halides is 3. The van der Waals surface area contributed by atoms with Crippen LogP contribution in [-0.2, 0) is 12.5 Å². The highest BCUT2D eigenvalue weighted by molar-refractivity contribution is 7.15. The number of aryl methyl sites for hydroxylation is 1. The molecule has 0 saturated carbocycles. The number of halogens is 4. The Hall–Kier alpha value is -3.09. The number of pyridine rings is 1. The Morgan fingerprint density at radius 2 is 1.83 bits per heavy atom. The number of rotatable bonds is 7. The summed E-state index contributed by atoms with van der Waals surface area (Å²) in [5.74, 6) is -0.928. The van der Waals surface area contributed by atoms with Crippen LogP contribution in [-0.4, -0.2) is 30.8 Å². The lowest BCUT2D eigenvalue weighted by Crippen LogP contribution is -2.37. The van der Waals surface area contributed by atoms with Gasteiger partial charge in [-0.15, -0.1) is 11.3 Å². The highest BCUT2D eigenvalue weighted by Gasteiger charge is 2.49. The summed E-state index contributed by atoms with van der Waals surface area (Å²) < 4.78 is 56.3. The molecule has 35 heavy (non-hydrogen) atoms. The standard InChI is InChI=1S/C23H24F4N6OS/c1-12(31-20(34)16-8-18-17(9-28-16)30-11-33(18)4)19-10-29-21(35-19)32-13-5-6-15(24)14(7-13)22(2,3)23(25,26)27/h5-12,20,31,34H,1-4H3,(H,29,32). The maximum absolute atomic E-state index is 14.2. The molecule has 0 bridgehead atoms. The zero-order chi connectivity index (χ0) is 25.5. The van der Waals surface area contributed by atoms with Crippen molar-refractivity contribution in [3.8, 4) is 0 Å². The number of thiazole rings is 1. The highest BCUT2D eigenvalue weighted by atomic mass is 32.1. The first-order chi connectivity index (χ1) is 16.4. The summed E-state index contributed by atoms with van der Waals surface area (Å²) in [6, 6.07) is 4.95. The first-order valence-electron chi connectivity index (χ1n) is 10.7. The van der Waals surface area contributed by atoms with Gasteiger partial charge >= 0.3 is 6.18 Å². The fraction of sp³-hybridized carbons (Fsp3) is 0.348. The van der Waals surface area contributed by atoms with E-state index in [4.69, 9.17) is 0 Å². The summed E-state index contributed by atoms with van der Waals surface area (Å²) in [6.07, 6.45) is -0.810. The maximum atomic E-state index is 14.2. The minimum Gasteiger partial charge on any atom is -0.373 e. The number of fused-ring (bicyclic) bond motifs is 1. The Kier molecular flexibility index (Phi) is 6.56. The summed E-state index contributed by atoms with van der Waals surface area (Å²) in [5.41, 5.74) is -0.541. The van der Waals surface area contributed by atoms with Gasteiger partial charge in [0.1, 0.15) is 17.6 Å². The number of hydrogen-bond acceptors (Lipinski definition) is 7. The van der Waals surface area contributed by atoms with Crippen LogP contribution in [0.1, 0.15) is 49.2 Å². The van der Waals surface area contributed by atoms with Gasteiger partial charge in [-0.2, -0.15) is 13.2 Å². The molecule has 2 atom stereocenters. The predicted octanol–water partition coefficient (Wildman–Crippen LogP) is 5.49. The molecule has 0 aliphatic rings. The molecular weight excluding hydrogens is 484 g/mol. The zero-order valence-electron chi connectivity index (χ0n) is 19.4. The SMILES string of the molecule is CC(NC(O)c1cc2c(cn1)ncn2C)c1cnc(Nc2ccc(F)c(C(C)(C)C(F)(F)F)c2)s1. The van der Waals surface area contributed by atoms with Gasteiger partial charge in [-0.25, -0.2) is 14.4 Å². The van der Waals surface area contributed by atoms with Gasteiger partial charge in [0.2, 0.25) is 0 Å². The number of hydrogen-bond donors (Lipinski definition) is 3. The third-order valence-electron chi connectivity index (χ3n) is 5.87. The van der Waals surface area contributed by atoms with Crippen LogP contribution in [0, 0.1) is 5.82 Å². The molecule has 1 aromatic carbocycles. The van der Waals surface area contributed by atoms with Crippen molar-refractivity contribution < 1.29 is 22.7 Å². The van der Waals surface area contributed by atoms with Crippen molar-refractivity contribution in [2.45, 2.75) is 44.6 Å². The normalized spacial score (nSPS) is 14.3. The van der Waals surface area contributed by atoms with E-state index >= 15 is 0 Å². The smallest absolute Gasteiger partial charge is 0.373 e. The van der Waals surface area contributed by atoms with E-state index in [-0.39, 0.29) is 11.7 Å². The highest BCUT2D eigenvalue weighted by Crippen LogP contribution is 2.42. The summed E-state index contributed by atoms with van der Waals surface area (Å²) in [6.45, 7) is 3.72. The summed E-state index contributed by atoms with van der Waals surface area (Å²) >= 11 is 1.26. The lowest BCUT2D eigenvalue weighted by Gasteiger charge is -2.29. The van der Waals surface area contributed by atoms with Crippen molar-refractivity contribution in [3.63, 3.8) is 0 Å². The predicted molar refractivity (Wildman–Crippen MR) is 126 cm³/mol. The van der Waals surface area contributed by atoms with Gasteiger partial charge in [0.25, 0.3) is 0 Å². The average Bonchev–Trinajstić information content (AvgIpc) is 3.40. The van der Waals surface area contributed by atoms with Gasteiger partial charge in [0.05, 0.1) is 29.1 Å². The minimum absolute atomic E-state index is 0.286. The van der Waals surface area contributed by atoms with Crippen LogP contribution >= 0.6 is 11.3 Å². The summed E-state index contributed by atoms with van der Waals surface area (Å²) in [7, 11) is 1.85. The van der Waals surface area contributed by atoms with Crippen LogP contribution in [0.2, 0.25) is 0 Å². The van der Waals surface area contributed by atoms with E-state index < -0.39 is 29.2 Å². The van der Waals surface area contributed by atoms with Crippen LogP contribution in [0.15, 0.2) is 43.0 Å². The molecule has 0 saturated heterocycles. The van der Waals surface area contributed by atoms with Crippen LogP contribution in [0.3, 0.4) is 0 Å². The van der Waals surface area contributed by atoms with Gasteiger partial charge in [-0.3, -0.25) is 10.3 Å². The Labute approximate surface area is 202 Å². The number of nitrogens with zero attached hydrogens (tertiary/aromatic N) is 4. The molecule has 0 aliphatic carbocycles. The van der Waals surface area contributed by atoms with E-state index in [0.717, 1.165) is 41.9 Å². The van der Waals surface area contributed by atoms with Crippen molar-refractivity contribution in [1.82, 2.24) is 24.8 Å². The van der Waals surface area contributed by atoms with Gasteiger partial charge in [0.15, 0.2) is 5.13 Å². The number of imidazole rings is 1. The van der Waals surface area contributed by atoms with Crippen molar-refractivity contribution in [2.24, 2.45) is 7.05 Å². The van der Waals surface area contributed by atoms with E-state index in [1.807, 2.05) is 18.5 Å². The molecule has 12 heteroatoms. The number of aromatic nitrogens is 4. The topological polar surface area (TPSA) is 87.9 Å². The lowest BCUT2D eigenvalue weighted by atomic mass is 9.83. The third-order valence-corrected chi connectivity index (χ3v) is 6.97. The Balaban J connectivity index is 1.47. The van der Waals surface area contributed by atoms with Gasteiger partial charge in [-0.1, -0.05) is 0 Å². The molecule has 0 aliphatic heterocycles. The number of nitrogens with one attached hydrogen (secondary N) is 2. The molecule has 3 N–H and O–H groups in total. The number of anilines is 2. The molecule has 0 amide bonds. The van der Waals surface area contributed by atoms with Crippen molar-refractivity contribution in [2.75, 3.05) is 5.32 Å². The lowest BCUT2D eigenvalue weighted by molar-refractivity contribution is -0.180.